The molecule has 2 atom stereocenters. The second-order valence-electron chi connectivity index (χ2n) is 4.59. The highest BCUT2D eigenvalue weighted by Crippen LogP contribution is 2.37. The van der Waals surface area contributed by atoms with Gasteiger partial charge in [-0.25, -0.2) is 0 Å². The standard InChI is InChI=1S/C13H15NO4/c15-10-3-1-8(2-4-10)5-12(16)14-7-9-6-11(9)13(17)18/h1-4,9,11,15H,5-7H2,(H,14,16)(H,17,18)/t9-,11-/m1/s1. The predicted molar refractivity (Wildman–Crippen MR) is 64.1 cm³/mol. The molecular weight excluding hydrogens is 234 g/mol. The van der Waals surface area contributed by atoms with Gasteiger partial charge in [0, 0.05) is 6.54 Å². The first-order valence-electron chi connectivity index (χ1n) is 5.83. The van der Waals surface area contributed by atoms with E-state index in [9.17, 15) is 9.59 Å². The van der Waals surface area contributed by atoms with Gasteiger partial charge in [-0.3, -0.25) is 9.59 Å². The Kier molecular flexibility index (Phi) is 3.50. The molecule has 18 heavy (non-hydrogen) atoms. The van der Waals surface area contributed by atoms with Gasteiger partial charge in [-0.1, -0.05) is 12.1 Å². The van der Waals surface area contributed by atoms with Gasteiger partial charge in [0.05, 0.1) is 12.3 Å². The number of carbonyl (C=O) groups excluding carboxylic acids is 1. The molecular formula is C13H15NO4. The number of carboxylic acid groups (broad SMARTS) is 1. The van der Waals surface area contributed by atoms with E-state index >= 15 is 0 Å². The highest BCUT2D eigenvalue weighted by Gasteiger charge is 2.42. The molecule has 1 aromatic rings. The van der Waals surface area contributed by atoms with Crippen molar-refractivity contribution in [3.8, 4) is 5.75 Å². The minimum atomic E-state index is -0.784. The fraction of sp³-hybridized carbons (Fsp3) is 0.385. The van der Waals surface area contributed by atoms with E-state index in [0.29, 0.717) is 13.0 Å². The van der Waals surface area contributed by atoms with E-state index in [-0.39, 0.29) is 29.9 Å². The molecule has 0 bridgehead atoms. The first-order chi connectivity index (χ1) is 8.56. The zero-order valence-corrected chi connectivity index (χ0v) is 9.80. The first kappa shape index (κ1) is 12.4. The average molecular weight is 249 g/mol. The van der Waals surface area contributed by atoms with Gasteiger partial charge in [-0.05, 0) is 30.0 Å². The number of benzene rings is 1. The SMILES string of the molecule is O=C(Cc1ccc(O)cc1)NC[C@H]1C[C@H]1C(=O)O. The van der Waals surface area contributed by atoms with Crippen molar-refractivity contribution in [3.63, 3.8) is 0 Å². The van der Waals surface area contributed by atoms with Gasteiger partial charge in [0.2, 0.25) is 5.91 Å². The van der Waals surface area contributed by atoms with Crippen molar-refractivity contribution in [3.05, 3.63) is 29.8 Å². The summed E-state index contributed by atoms with van der Waals surface area (Å²) in [6.45, 7) is 0.424. The number of amides is 1. The molecule has 1 saturated carbocycles. The highest BCUT2D eigenvalue weighted by atomic mass is 16.4. The molecule has 0 spiro atoms. The second kappa shape index (κ2) is 5.08. The zero-order chi connectivity index (χ0) is 13.1. The van der Waals surface area contributed by atoms with E-state index in [1.165, 1.54) is 12.1 Å². The van der Waals surface area contributed by atoms with Crippen LogP contribution in [0.15, 0.2) is 24.3 Å². The highest BCUT2D eigenvalue weighted by molar-refractivity contribution is 5.79. The number of hydrogen-bond acceptors (Lipinski definition) is 3. The Morgan fingerprint density at radius 2 is 1.94 bits per heavy atom. The third-order valence-electron chi connectivity index (χ3n) is 3.10. The molecule has 0 radical (unpaired) electrons. The lowest BCUT2D eigenvalue weighted by Crippen LogP contribution is -2.27. The van der Waals surface area contributed by atoms with Crippen molar-refractivity contribution in [1.29, 1.82) is 0 Å². The van der Waals surface area contributed by atoms with Crippen molar-refractivity contribution in [2.45, 2.75) is 12.8 Å². The number of phenols is 1. The van der Waals surface area contributed by atoms with Crippen LogP contribution in [-0.2, 0) is 16.0 Å². The van der Waals surface area contributed by atoms with Crippen molar-refractivity contribution in [2.24, 2.45) is 11.8 Å². The van der Waals surface area contributed by atoms with Crippen molar-refractivity contribution in [1.82, 2.24) is 5.32 Å². The van der Waals surface area contributed by atoms with Gasteiger partial charge in [-0.2, -0.15) is 0 Å². The summed E-state index contributed by atoms with van der Waals surface area (Å²) in [4.78, 5) is 22.2. The number of aromatic hydroxyl groups is 1. The molecule has 0 saturated heterocycles. The smallest absolute Gasteiger partial charge is 0.306 e. The lowest BCUT2D eigenvalue weighted by Gasteiger charge is -2.04. The molecule has 3 N–H and O–H groups in total. The van der Waals surface area contributed by atoms with Gasteiger partial charge in [0.25, 0.3) is 0 Å². The first-order valence-corrected chi connectivity index (χ1v) is 5.83. The number of hydrogen-bond donors (Lipinski definition) is 3. The van der Waals surface area contributed by atoms with Crippen LogP contribution in [0.25, 0.3) is 0 Å². The van der Waals surface area contributed by atoms with Crippen molar-refractivity contribution >= 4 is 11.9 Å². The average Bonchev–Trinajstić information content (AvgIpc) is 3.09. The summed E-state index contributed by atoms with van der Waals surface area (Å²) in [6, 6.07) is 6.44. The van der Waals surface area contributed by atoms with Gasteiger partial charge >= 0.3 is 5.97 Å². The van der Waals surface area contributed by atoms with Crippen LogP contribution in [0.5, 0.6) is 5.75 Å². The summed E-state index contributed by atoms with van der Waals surface area (Å²) >= 11 is 0. The number of rotatable bonds is 5. The van der Waals surface area contributed by atoms with Gasteiger partial charge in [0.1, 0.15) is 5.75 Å². The molecule has 0 aliphatic heterocycles. The van der Waals surface area contributed by atoms with E-state index in [1.54, 1.807) is 12.1 Å². The zero-order valence-electron chi connectivity index (χ0n) is 9.80. The van der Waals surface area contributed by atoms with Gasteiger partial charge < -0.3 is 15.5 Å². The molecule has 0 heterocycles. The molecule has 1 aliphatic carbocycles. The monoisotopic (exact) mass is 249 g/mol. The maximum absolute atomic E-state index is 11.6. The summed E-state index contributed by atoms with van der Waals surface area (Å²) in [5, 5.41) is 20.5. The lowest BCUT2D eigenvalue weighted by molar-refractivity contribution is -0.139. The fourth-order valence-electron chi connectivity index (χ4n) is 1.88. The number of nitrogens with one attached hydrogen (secondary N) is 1. The third kappa shape index (κ3) is 3.23. The predicted octanol–water partition coefficient (Wildman–Crippen LogP) is 0.772. The molecule has 1 aliphatic rings. The maximum atomic E-state index is 11.6. The summed E-state index contributed by atoms with van der Waals surface area (Å²) in [7, 11) is 0. The summed E-state index contributed by atoms with van der Waals surface area (Å²) < 4.78 is 0. The van der Waals surface area contributed by atoms with Crippen LogP contribution in [0.1, 0.15) is 12.0 Å². The quantitative estimate of drug-likeness (QED) is 0.719. The van der Waals surface area contributed by atoms with E-state index in [4.69, 9.17) is 10.2 Å². The Morgan fingerprint density at radius 3 is 2.50 bits per heavy atom. The largest absolute Gasteiger partial charge is 0.508 e. The number of phenolic OH excluding ortho intramolecular Hbond substituents is 1. The Balaban J connectivity index is 1.73. The topological polar surface area (TPSA) is 86.6 Å². The van der Waals surface area contributed by atoms with Crippen LogP contribution in [0.2, 0.25) is 0 Å². The summed E-state index contributed by atoms with van der Waals surface area (Å²) in [6.07, 6.45) is 0.888. The van der Waals surface area contributed by atoms with Crippen LogP contribution in [0, 0.1) is 11.8 Å². The molecule has 5 nitrogen and oxygen atoms in total. The molecule has 1 amide bonds. The molecule has 0 aromatic heterocycles. The summed E-state index contributed by atoms with van der Waals surface area (Å²) in [5.41, 5.74) is 0.816. The van der Waals surface area contributed by atoms with Crippen molar-refractivity contribution < 1.29 is 19.8 Å². The van der Waals surface area contributed by atoms with Gasteiger partial charge in [-0.15, -0.1) is 0 Å². The molecule has 2 rings (SSSR count). The van der Waals surface area contributed by atoms with Crippen LogP contribution in [0.4, 0.5) is 0 Å². The van der Waals surface area contributed by atoms with E-state index in [1.807, 2.05) is 0 Å². The summed E-state index contributed by atoms with van der Waals surface area (Å²) in [5.74, 6) is -0.962. The van der Waals surface area contributed by atoms with E-state index in [0.717, 1.165) is 5.56 Å². The van der Waals surface area contributed by atoms with Crippen molar-refractivity contribution in [2.75, 3.05) is 6.54 Å². The number of carboxylic acids is 1. The van der Waals surface area contributed by atoms with Crippen LogP contribution in [-0.4, -0.2) is 28.6 Å². The van der Waals surface area contributed by atoms with E-state index < -0.39 is 5.97 Å². The Bertz CT molecular complexity index is 455. The second-order valence-corrected chi connectivity index (χ2v) is 4.59. The normalized spacial score (nSPS) is 21.3. The van der Waals surface area contributed by atoms with Crippen LogP contribution < -0.4 is 5.32 Å². The Hall–Kier alpha value is -2.04. The third-order valence-corrected chi connectivity index (χ3v) is 3.10. The van der Waals surface area contributed by atoms with Crippen LogP contribution in [0.3, 0.4) is 0 Å². The fourth-order valence-corrected chi connectivity index (χ4v) is 1.88. The lowest BCUT2D eigenvalue weighted by atomic mass is 10.1. The van der Waals surface area contributed by atoms with Crippen LogP contribution >= 0.6 is 0 Å². The number of aliphatic carboxylic acids is 1. The molecule has 1 aromatic carbocycles. The molecule has 0 unspecified atom stereocenters. The van der Waals surface area contributed by atoms with E-state index in [2.05, 4.69) is 5.32 Å². The molecule has 5 heteroatoms. The Morgan fingerprint density at radius 1 is 1.28 bits per heavy atom. The molecule has 1 fully saturated rings. The minimum absolute atomic E-state index is 0.0752. The minimum Gasteiger partial charge on any atom is -0.508 e. The maximum Gasteiger partial charge on any atom is 0.306 e. The Labute approximate surface area is 104 Å². The molecule has 96 valence electrons. The van der Waals surface area contributed by atoms with Gasteiger partial charge in [0.15, 0.2) is 0 Å². The number of carbonyl (C=O) groups is 2.